The zero-order chi connectivity index (χ0) is 41.8. The van der Waals surface area contributed by atoms with E-state index in [4.69, 9.17) is 9.47 Å². The second-order valence-electron chi connectivity index (χ2n) is 16.1. The number of benzene rings is 2. The molecule has 2 fully saturated rings. The van der Waals surface area contributed by atoms with Gasteiger partial charge in [0.05, 0.1) is 37.8 Å². The van der Waals surface area contributed by atoms with Gasteiger partial charge in [-0.1, -0.05) is 75.1 Å². The van der Waals surface area contributed by atoms with Crippen molar-refractivity contribution in [2.75, 3.05) is 40.4 Å². The molecular weight excluding hydrogens is 745 g/mol. The van der Waals surface area contributed by atoms with Gasteiger partial charge in [-0.3, -0.25) is 28.8 Å². The second-order valence-corrected chi connectivity index (χ2v) is 16.1. The highest BCUT2D eigenvalue weighted by atomic mass is 16.5. The Kier molecular flexibility index (Phi) is 15.7. The molecule has 6 amide bonds. The van der Waals surface area contributed by atoms with Crippen LogP contribution in [0.3, 0.4) is 0 Å². The molecule has 2 heterocycles. The lowest BCUT2D eigenvalue weighted by molar-refractivity contribution is -0.145. The molecule has 2 aromatic rings. The third-order valence-corrected chi connectivity index (χ3v) is 11.3. The first-order valence-corrected chi connectivity index (χ1v) is 20.6. The number of rotatable bonds is 12. The topological polar surface area (TPSA) is 196 Å². The summed E-state index contributed by atoms with van der Waals surface area (Å²) >= 11 is 0. The van der Waals surface area contributed by atoms with Crippen LogP contribution in [-0.4, -0.2) is 121 Å². The molecule has 4 bridgehead atoms. The van der Waals surface area contributed by atoms with Crippen molar-refractivity contribution in [1.29, 1.82) is 0 Å². The molecule has 15 heteroatoms. The van der Waals surface area contributed by atoms with Crippen molar-refractivity contribution in [3.8, 4) is 5.75 Å². The van der Waals surface area contributed by atoms with E-state index in [0.717, 1.165) is 37.7 Å². The zero-order valence-electron chi connectivity index (χ0n) is 34.2. The summed E-state index contributed by atoms with van der Waals surface area (Å²) in [5.74, 6) is -2.62. The highest BCUT2D eigenvalue weighted by Crippen LogP contribution is 2.31. The van der Waals surface area contributed by atoms with Crippen LogP contribution in [0.5, 0.6) is 5.75 Å². The number of nitrogens with one attached hydrogen (secondary N) is 4. The van der Waals surface area contributed by atoms with E-state index in [0.29, 0.717) is 37.4 Å². The van der Waals surface area contributed by atoms with E-state index in [2.05, 4.69) is 21.3 Å². The normalized spacial score (nSPS) is 22.6. The first-order valence-electron chi connectivity index (χ1n) is 20.6. The van der Waals surface area contributed by atoms with Crippen LogP contribution in [0, 0.1) is 5.92 Å². The number of carbonyl (C=O) groups excluding carboxylic acids is 6. The summed E-state index contributed by atoms with van der Waals surface area (Å²) in [6.07, 6.45) is 3.62. The van der Waals surface area contributed by atoms with Gasteiger partial charge in [0.2, 0.25) is 29.5 Å². The van der Waals surface area contributed by atoms with Crippen LogP contribution >= 0.6 is 0 Å². The van der Waals surface area contributed by atoms with Gasteiger partial charge in [0.25, 0.3) is 5.91 Å². The third kappa shape index (κ3) is 11.6. The molecule has 316 valence electrons. The van der Waals surface area contributed by atoms with Gasteiger partial charge in [0, 0.05) is 33.5 Å². The maximum absolute atomic E-state index is 14.6. The fourth-order valence-electron chi connectivity index (χ4n) is 8.20. The molecule has 1 saturated carbocycles. The fraction of sp³-hybridized carbons (Fsp3) is 0.581. The lowest BCUT2D eigenvalue weighted by Gasteiger charge is -2.38. The van der Waals surface area contributed by atoms with Gasteiger partial charge in [-0.2, -0.15) is 0 Å². The van der Waals surface area contributed by atoms with E-state index in [1.54, 1.807) is 51.4 Å². The molecule has 5 rings (SSSR count). The maximum atomic E-state index is 14.6. The third-order valence-electron chi connectivity index (χ3n) is 11.3. The minimum Gasteiger partial charge on any atom is -0.493 e. The SMILES string of the molecule is CCCC(C)(NC(=O)[C@@H]1C[C@@H]2CN1C(=O)[C@H](C1CCCCC1)NC(=O)Cc1cccc(c1)OCCCO2)C(O)C(=O)NCC(=O)N[C@H](C(=O)N(C)C)c1ccccc1. The smallest absolute Gasteiger partial charge is 0.251 e. The van der Waals surface area contributed by atoms with Crippen molar-refractivity contribution in [2.45, 2.75) is 114 Å². The van der Waals surface area contributed by atoms with E-state index < -0.39 is 60.1 Å². The highest BCUT2D eigenvalue weighted by molar-refractivity contribution is 5.95. The fourth-order valence-corrected chi connectivity index (χ4v) is 8.20. The Morgan fingerprint density at radius 1 is 1.00 bits per heavy atom. The number of fused-ring (bicyclic) bond motifs is 4. The van der Waals surface area contributed by atoms with E-state index in [-0.39, 0.29) is 49.4 Å². The van der Waals surface area contributed by atoms with Gasteiger partial charge in [-0.15, -0.1) is 0 Å². The standard InChI is InChI=1S/C43H60N6O9/c1-5-20-43(2,38(52)40(54)44-26-35(51)46-36(41(55)48(3)4)29-15-8-6-9-16-29)47-39(53)33-25-32-27-49(33)42(56)37(30-17-10-7-11-18-30)45-34(50)24-28-14-12-19-31(23-28)57-21-13-22-58-32/h6,8-9,12,14-16,19,23,30,32-33,36-38,52H,5,7,10-11,13,17-18,20-22,24-27H2,1-4H3,(H,44,54)(H,45,50)(H,46,51)(H,47,53)/t32-,33+,36+,37+,38?,43?/m1/s1. The van der Waals surface area contributed by atoms with Crippen molar-refractivity contribution < 1.29 is 43.3 Å². The molecule has 2 aromatic carbocycles. The molecule has 0 radical (unpaired) electrons. The predicted octanol–water partition coefficient (Wildman–Crippen LogP) is 2.16. The summed E-state index contributed by atoms with van der Waals surface area (Å²) in [6, 6.07) is 13.2. The zero-order valence-corrected chi connectivity index (χ0v) is 34.2. The van der Waals surface area contributed by atoms with Gasteiger partial charge in [0.15, 0.2) is 6.10 Å². The van der Waals surface area contributed by atoms with Crippen molar-refractivity contribution in [2.24, 2.45) is 5.92 Å². The van der Waals surface area contributed by atoms with Crippen LogP contribution in [0.4, 0.5) is 0 Å². The number of hydrogen-bond donors (Lipinski definition) is 5. The number of nitrogens with zero attached hydrogens (tertiary/aromatic N) is 2. The number of amides is 6. The summed E-state index contributed by atoms with van der Waals surface area (Å²) < 4.78 is 12.1. The molecule has 6 atom stereocenters. The summed E-state index contributed by atoms with van der Waals surface area (Å²) in [4.78, 5) is 84.8. The van der Waals surface area contributed by atoms with Gasteiger partial charge in [-0.25, -0.2) is 0 Å². The molecule has 58 heavy (non-hydrogen) atoms. The van der Waals surface area contributed by atoms with Crippen LogP contribution < -0.4 is 26.0 Å². The van der Waals surface area contributed by atoms with Gasteiger partial charge in [0.1, 0.15) is 23.9 Å². The van der Waals surface area contributed by atoms with Crippen LogP contribution in [-0.2, 0) is 39.9 Å². The van der Waals surface area contributed by atoms with Gasteiger partial charge < -0.3 is 45.6 Å². The summed E-state index contributed by atoms with van der Waals surface area (Å²) in [5.41, 5.74) is -0.182. The number of aliphatic hydroxyl groups excluding tert-OH is 1. The lowest BCUT2D eigenvalue weighted by atomic mass is 9.83. The minimum absolute atomic E-state index is 0.0577. The first-order chi connectivity index (χ1) is 27.8. The summed E-state index contributed by atoms with van der Waals surface area (Å²) in [6.45, 7) is 3.69. The molecule has 1 aliphatic carbocycles. The lowest BCUT2D eigenvalue weighted by Crippen LogP contribution is -2.63. The number of carbonyl (C=O) groups is 6. The van der Waals surface area contributed by atoms with Crippen molar-refractivity contribution in [3.05, 3.63) is 65.7 Å². The number of ether oxygens (including phenoxy) is 2. The van der Waals surface area contributed by atoms with E-state index in [9.17, 15) is 33.9 Å². The summed E-state index contributed by atoms with van der Waals surface area (Å²) in [5, 5.41) is 22.5. The van der Waals surface area contributed by atoms with Crippen molar-refractivity contribution in [3.63, 3.8) is 0 Å². The van der Waals surface area contributed by atoms with Crippen LogP contribution in [0.25, 0.3) is 0 Å². The monoisotopic (exact) mass is 804 g/mol. The average molecular weight is 805 g/mol. The van der Waals surface area contributed by atoms with Crippen LogP contribution in [0.2, 0.25) is 0 Å². The summed E-state index contributed by atoms with van der Waals surface area (Å²) in [7, 11) is 3.15. The van der Waals surface area contributed by atoms with Crippen molar-refractivity contribution in [1.82, 2.24) is 31.1 Å². The molecular formula is C43H60N6O9. The Bertz CT molecular complexity index is 1750. The van der Waals surface area contributed by atoms with Gasteiger partial charge >= 0.3 is 0 Å². The second kappa shape index (κ2) is 20.6. The number of hydrogen-bond acceptors (Lipinski definition) is 9. The molecule has 3 aliphatic rings. The van der Waals surface area contributed by atoms with Crippen LogP contribution in [0.1, 0.15) is 88.8 Å². The highest BCUT2D eigenvalue weighted by Gasteiger charge is 2.47. The van der Waals surface area contributed by atoms with Crippen LogP contribution in [0.15, 0.2) is 54.6 Å². The van der Waals surface area contributed by atoms with E-state index >= 15 is 0 Å². The minimum atomic E-state index is -1.78. The van der Waals surface area contributed by atoms with Gasteiger partial charge in [-0.05, 0) is 55.4 Å². The molecule has 0 spiro atoms. The Hall–Kier alpha value is -5.02. The Morgan fingerprint density at radius 3 is 2.45 bits per heavy atom. The molecule has 0 aromatic heterocycles. The average Bonchev–Trinajstić information content (AvgIpc) is 3.65. The molecule has 2 aliphatic heterocycles. The predicted molar refractivity (Wildman–Crippen MR) is 215 cm³/mol. The van der Waals surface area contributed by atoms with E-state index in [1.165, 1.54) is 9.80 Å². The van der Waals surface area contributed by atoms with E-state index in [1.807, 2.05) is 31.2 Å². The number of likely N-dealkylation sites (N-methyl/N-ethyl adjacent to an activating group) is 1. The molecule has 1 saturated heterocycles. The number of aliphatic hydroxyl groups is 1. The molecule has 15 nitrogen and oxygen atoms in total. The molecule has 2 unspecified atom stereocenters. The quantitative estimate of drug-likeness (QED) is 0.214. The maximum Gasteiger partial charge on any atom is 0.251 e. The first kappa shape index (κ1) is 44.1. The van der Waals surface area contributed by atoms with Crippen molar-refractivity contribution >= 4 is 35.4 Å². The Labute approximate surface area is 340 Å². The molecule has 5 N–H and O–H groups in total. The Balaban J connectivity index is 1.31. The largest absolute Gasteiger partial charge is 0.493 e. The Morgan fingerprint density at radius 2 is 1.74 bits per heavy atom.